The molecule has 5 heteroatoms. The zero-order chi connectivity index (χ0) is 18.2. The average molecular weight is 341 g/mol. The number of nitrogens with one attached hydrogen (secondary N) is 1. The fourth-order valence-corrected chi connectivity index (χ4v) is 2.26. The van der Waals surface area contributed by atoms with Crippen LogP contribution in [0.15, 0.2) is 54.6 Å². The van der Waals surface area contributed by atoms with Gasteiger partial charge in [0.25, 0.3) is 5.91 Å². The summed E-state index contributed by atoms with van der Waals surface area (Å²) in [6, 6.07) is 13.3. The molecule has 0 atom stereocenters. The quantitative estimate of drug-likeness (QED) is 0.634. The molecule has 0 bridgehead atoms. The highest BCUT2D eigenvalue weighted by Crippen LogP contribution is 2.23. The van der Waals surface area contributed by atoms with Crippen LogP contribution in [0.2, 0.25) is 0 Å². The number of hydrogen-bond acceptors (Lipinski definition) is 3. The van der Waals surface area contributed by atoms with E-state index in [2.05, 4.69) is 5.32 Å². The topological polar surface area (TPSA) is 55.4 Å². The summed E-state index contributed by atoms with van der Waals surface area (Å²) in [4.78, 5) is 23.6. The fourth-order valence-electron chi connectivity index (χ4n) is 2.26. The maximum atomic E-state index is 13.0. The molecule has 0 fully saturated rings. The van der Waals surface area contributed by atoms with Gasteiger partial charge in [0.05, 0.1) is 0 Å². The standard InChI is InChI=1S/C20H20FNO3/c1-14(2)17-8-3-4-9-18(17)22-19(23)13-25-20(24)11-10-15-6-5-7-16(21)12-15/h3-12,14H,13H2,1-2H3,(H,22,23). The van der Waals surface area contributed by atoms with Crippen molar-refractivity contribution in [3.05, 3.63) is 71.6 Å². The number of halogens is 1. The van der Waals surface area contributed by atoms with Crippen molar-refractivity contribution in [2.75, 3.05) is 11.9 Å². The Bertz CT molecular complexity index is 784. The van der Waals surface area contributed by atoms with E-state index in [0.29, 0.717) is 11.3 Å². The normalized spacial score (nSPS) is 10.9. The Morgan fingerprint density at radius 1 is 1.16 bits per heavy atom. The highest BCUT2D eigenvalue weighted by Gasteiger charge is 2.10. The Balaban J connectivity index is 1.87. The maximum Gasteiger partial charge on any atom is 0.331 e. The second-order valence-electron chi connectivity index (χ2n) is 5.79. The Morgan fingerprint density at radius 3 is 2.64 bits per heavy atom. The van der Waals surface area contributed by atoms with Gasteiger partial charge in [-0.1, -0.05) is 44.2 Å². The lowest BCUT2D eigenvalue weighted by Crippen LogP contribution is -2.21. The van der Waals surface area contributed by atoms with Crippen molar-refractivity contribution in [3.63, 3.8) is 0 Å². The van der Waals surface area contributed by atoms with E-state index >= 15 is 0 Å². The Hall–Kier alpha value is -2.95. The van der Waals surface area contributed by atoms with E-state index in [1.54, 1.807) is 18.2 Å². The summed E-state index contributed by atoms with van der Waals surface area (Å²) in [6.45, 7) is 3.67. The number of hydrogen-bond donors (Lipinski definition) is 1. The van der Waals surface area contributed by atoms with Crippen LogP contribution in [0.1, 0.15) is 30.9 Å². The molecule has 2 rings (SSSR count). The smallest absolute Gasteiger partial charge is 0.331 e. The van der Waals surface area contributed by atoms with Crippen LogP contribution in [0.25, 0.3) is 6.08 Å². The number of para-hydroxylation sites is 1. The molecule has 1 amide bonds. The molecule has 2 aromatic carbocycles. The van der Waals surface area contributed by atoms with E-state index in [9.17, 15) is 14.0 Å². The maximum absolute atomic E-state index is 13.0. The molecular weight excluding hydrogens is 321 g/mol. The van der Waals surface area contributed by atoms with Crippen LogP contribution in [0.5, 0.6) is 0 Å². The van der Waals surface area contributed by atoms with Gasteiger partial charge in [0.1, 0.15) is 5.82 Å². The van der Waals surface area contributed by atoms with E-state index in [4.69, 9.17) is 4.74 Å². The Kier molecular flexibility index (Phi) is 6.46. The first kappa shape index (κ1) is 18.4. The fraction of sp³-hybridized carbons (Fsp3) is 0.200. The first-order chi connectivity index (χ1) is 12.0. The molecule has 0 unspecified atom stereocenters. The van der Waals surface area contributed by atoms with E-state index in [-0.39, 0.29) is 5.92 Å². The molecular formula is C20H20FNO3. The van der Waals surface area contributed by atoms with Crippen molar-refractivity contribution < 1.29 is 18.7 Å². The number of esters is 1. The van der Waals surface area contributed by atoms with Crippen LogP contribution in [0, 0.1) is 5.82 Å². The van der Waals surface area contributed by atoms with Gasteiger partial charge in [-0.15, -0.1) is 0 Å². The monoisotopic (exact) mass is 341 g/mol. The number of rotatable bonds is 6. The summed E-state index contributed by atoms with van der Waals surface area (Å²) >= 11 is 0. The van der Waals surface area contributed by atoms with Gasteiger partial charge in [-0.3, -0.25) is 4.79 Å². The van der Waals surface area contributed by atoms with Crippen LogP contribution >= 0.6 is 0 Å². The van der Waals surface area contributed by atoms with Crippen LogP contribution in [-0.2, 0) is 14.3 Å². The number of carbonyl (C=O) groups excluding carboxylic acids is 2. The summed E-state index contributed by atoms with van der Waals surface area (Å²) in [6.07, 6.45) is 2.58. The van der Waals surface area contributed by atoms with Crippen molar-refractivity contribution in [3.8, 4) is 0 Å². The van der Waals surface area contributed by atoms with E-state index in [0.717, 1.165) is 11.6 Å². The van der Waals surface area contributed by atoms with Gasteiger partial charge in [0.2, 0.25) is 0 Å². The minimum absolute atomic E-state index is 0.258. The van der Waals surface area contributed by atoms with Crippen LogP contribution in [-0.4, -0.2) is 18.5 Å². The summed E-state index contributed by atoms with van der Waals surface area (Å²) in [5.74, 6) is -1.22. The number of amides is 1. The molecule has 0 aliphatic carbocycles. The molecule has 4 nitrogen and oxygen atoms in total. The summed E-state index contributed by atoms with van der Waals surface area (Å²) in [7, 11) is 0. The molecule has 0 radical (unpaired) electrons. The zero-order valence-electron chi connectivity index (χ0n) is 14.2. The predicted molar refractivity (Wildman–Crippen MR) is 95.6 cm³/mol. The van der Waals surface area contributed by atoms with Crippen molar-refractivity contribution in [2.45, 2.75) is 19.8 Å². The summed E-state index contributed by atoms with van der Waals surface area (Å²) in [5.41, 5.74) is 2.24. The van der Waals surface area contributed by atoms with Gasteiger partial charge in [-0.05, 0) is 41.3 Å². The number of ether oxygens (including phenoxy) is 1. The molecule has 0 heterocycles. The SMILES string of the molecule is CC(C)c1ccccc1NC(=O)COC(=O)C=Cc1cccc(F)c1. The lowest BCUT2D eigenvalue weighted by molar-refractivity contribution is -0.142. The molecule has 0 saturated heterocycles. The van der Waals surface area contributed by atoms with Gasteiger partial charge in [0, 0.05) is 11.8 Å². The molecule has 2 aromatic rings. The van der Waals surface area contributed by atoms with Gasteiger partial charge in [-0.25, -0.2) is 9.18 Å². The zero-order valence-corrected chi connectivity index (χ0v) is 14.2. The second kappa shape index (κ2) is 8.78. The average Bonchev–Trinajstić information content (AvgIpc) is 2.58. The van der Waals surface area contributed by atoms with E-state index in [1.807, 2.05) is 32.0 Å². The molecule has 0 spiro atoms. The third kappa shape index (κ3) is 5.88. The number of carbonyl (C=O) groups is 2. The molecule has 130 valence electrons. The predicted octanol–water partition coefficient (Wildman–Crippen LogP) is 4.14. The van der Waals surface area contributed by atoms with Crippen molar-refractivity contribution in [2.24, 2.45) is 0 Å². The third-order valence-corrected chi connectivity index (χ3v) is 3.46. The highest BCUT2D eigenvalue weighted by atomic mass is 19.1. The lowest BCUT2D eigenvalue weighted by atomic mass is 10.0. The molecule has 1 N–H and O–H groups in total. The van der Waals surface area contributed by atoms with Gasteiger partial charge in [-0.2, -0.15) is 0 Å². The first-order valence-corrected chi connectivity index (χ1v) is 7.95. The third-order valence-electron chi connectivity index (χ3n) is 3.46. The Morgan fingerprint density at radius 2 is 1.92 bits per heavy atom. The van der Waals surface area contributed by atoms with Crippen LogP contribution in [0.4, 0.5) is 10.1 Å². The van der Waals surface area contributed by atoms with Crippen molar-refractivity contribution >= 4 is 23.6 Å². The van der Waals surface area contributed by atoms with Crippen molar-refractivity contribution in [1.29, 1.82) is 0 Å². The second-order valence-corrected chi connectivity index (χ2v) is 5.79. The van der Waals surface area contributed by atoms with Crippen LogP contribution < -0.4 is 5.32 Å². The molecule has 25 heavy (non-hydrogen) atoms. The molecule has 0 aromatic heterocycles. The summed E-state index contributed by atoms with van der Waals surface area (Å²) < 4.78 is 17.9. The lowest BCUT2D eigenvalue weighted by Gasteiger charge is -2.13. The minimum Gasteiger partial charge on any atom is -0.452 e. The molecule has 0 aliphatic rings. The first-order valence-electron chi connectivity index (χ1n) is 7.95. The van der Waals surface area contributed by atoms with Crippen LogP contribution in [0.3, 0.4) is 0 Å². The number of anilines is 1. The van der Waals surface area contributed by atoms with Crippen molar-refractivity contribution in [1.82, 2.24) is 0 Å². The summed E-state index contributed by atoms with van der Waals surface area (Å²) in [5, 5.41) is 2.74. The molecule has 0 saturated carbocycles. The highest BCUT2D eigenvalue weighted by molar-refractivity contribution is 5.95. The van der Waals surface area contributed by atoms with Gasteiger partial charge in [0.15, 0.2) is 6.61 Å². The molecule has 0 aliphatic heterocycles. The van der Waals surface area contributed by atoms with E-state index < -0.39 is 24.3 Å². The van der Waals surface area contributed by atoms with Gasteiger partial charge >= 0.3 is 5.97 Å². The number of benzene rings is 2. The Labute approximate surface area is 146 Å². The largest absolute Gasteiger partial charge is 0.452 e. The minimum atomic E-state index is -0.670. The van der Waals surface area contributed by atoms with Gasteiger partial charge < -0.3 is 10.1 Å². The van der Waals surface area contributed by atoms with E-state index in [1.165, 1.54) is 18.2 Å².